The van der Waals surface area contributed by atoms with E-state index < -0.39 is 4.92 Å². The Morgan fingerprint density at radius 1 is 1.25 bits per heavy atom. The summed E-state index contributed by atoms with van der Waals surface area (Å²) in [5, 5.41) is 14.7. The van der Waals surface area contributed by atoms with E-state index in [0.29, 0.717) is 5.69 Å². The van der Waals surface area contributed by atoms with Crippen molar-refractivity contribution in [3.63, 3.8) is 0 Å². The van der Waals surface area contributed by atoms with Crippen LogP contribution in [0.1, 0.15) is 18.1 Å². The Balaban J connectivity index is 2.02. The molecule has 0 radical (unpaired) electrons. The zero-order valence-electron chi connectivity index (χ0n) is 11.1. The first kappa shape index (κ1) is 13.7. The third-order valence-corrected chi connectivity index (χ3v) is 2.85. The highest BCUT2D eigenvalue weighted by molar-refractivity contribution is 5.80. The quantitative estimate of drug-likeness (QED) is 0.512. The van der Waals surface area contributed by atoms with Crippen molar-refractivity contribution >= 4 is 17.6 Å². The lowest BCUT2D eigenvalue weighted by Crippen LogP contribution is -1.93. The molecule has 0 spiro atoms. The van der Waals surface area contributed by atoms with Gasteiger partial charge in [-0.2, -0.15) is 5.10 Å². The summed E-state index contributed by atoms with van der Waals surface area (Å²) in [4.78, 5) is 10.2. The molecule has 0 saturated heterocycles. The van der Waals surface area contributed by atoms with Gasteiger partial charge in [-0.15, -0.1) is 0 Å². The summed E-state index contributed by atoms with van der Waals surface area (Å²) in [6, 6.07) is 14.3. The van der Waals surface area contributed by atoms with Crippen LogP contribution in [-0.2, 0) is 6.42 Å². The van der Waals surface area contributed by atoms with E-state index in [-0.39, 0.29) is 5.69 Å². The lowest BCUT2D eigenvalue weighted by atomic mass is 10.1. The van der Waals surface area contributed by atoms with Crippen molar-refractivity contribution in [2.24, 2.45) is 5.10 Å². The van der Waals surface area contributed by atoms with Crippen LogP contribution in [0, 0.1) is 10.1 Å². The third-order valence-electron chi connectivity index (χ3n) is 2.85. The van der Waals surface area contributed by atoms with Gasteiger partial charge in [-0.25, -0.2) is 0 Å². The smallest absolute Gasteiger partial charge is 0.271 e. The predicted octanol–water partition coefficient (Wildman–Crippen LogP) is 3.60. The summed E-state index contributed by atoms with van der Waals surface area (Å²) in [5.41, 5.74) is 5.65. The summed E-state index contributed by atoms with van der Waals surface area (Å²) in [5.74, 6) is 0. The van der Waals surface area contributed by atoms with Gasteiger partial charge in [0.05, 0.1) is 16.8 Å². The maximum atomic E-state index is 10.6. The molecular formula is C15H15N3O2. The molecule has 0 fully saturated rings. The van der Waals surface area contributed by atoms with Crippen LogP contribution in [-0.4, -0.2) is 11.1 Å². The van der Waals surface area contributed by atoms with Crippen molar-refractivity contribution in [3.8, 4) is 0 Å². The molecule has 2 aromatic rings. The molecule has 0 unspecified atom stereocenters. The second kappa shape index (κ2) is 6.47. The van der Waals surface area contributed by atoms with E-state index in [9.17, 15) is 10.1 Å². The van der Waals surface area contributed by atoms with Gasteiger partial charge in [-0.3, -0.25) is 15.5 Å². The molecule has 0 aromatic heterocycles. The van der Waals surface area contributed by atoms with Crippen LogP contribution in [0.25, 0.3) is 0 Å². The molecule has 0 heterocycles. The van der Waals surface area contributed by atoms with Gasteiger partial charge in [0, 0.05) is 12.1 Å². The Labute approximate surface area is 117 Å². The number of aryl methyl sites for hydroxylation is 1. The molecule has 2 rings (SSSR count). The highest BCUT2D eigenvalue weighted by atomic mass is 16.6. The van der Waals surface area contributed by atoms with Crippen LogP contribution < -0.4 is 5.43 Å². The van der Waals surface area contributed by atoms with E-state index in [1.165, 1.54) is 17.7 Å². The minimum Gasteiger partial charge on any atom is -0.278 e. The van der Waals surface area contributed by atoms with E-state index >= 15 is 0 Å². The van der Waals surface area contributed by atoms with Crippen molar-refractivity contribution in [3.05, 3.63) is 69.8 Å². The summed E-state index contributed by atoms with van der Waals surface area (Å²) >= 11 is 0. The molecule has 102 valence electrons. The Bertz CT molecular complexity index is 621. The van der Waals surface area contributed by atoms with E-state index in [1.807, 2.05) is 12.1 Å². The third kappa shape index (κ3) is 3.65. The number of hydrogen-bond donors (Lipinski definition) is 1. The molecule has 5 heteroatoms. The number of rotatable bonds is 5. The number of hydrogen-bond acceptors (Lipinski definition) is 4. The normalized spacial score (nSPS) is 10.7. The number of anilines is 1. The van der Waals surface area contributed by atoms with Crippen molar-refractivity contribution < 1.29 is 4.92 Å². The second-order valence-corrected chi connectivity index (χ2v) is 4.27. The van der Waals surface area contributed by atoms with Crippen LogP contribution in [0.5, 0.6) is 0 Å². The van der Waals surface area contributed by atoms with Gasteiger partial charge in [0.2, 0.25) is 0 Å². The zero-order valence-corrected chi connectivity index (χ0v) is 11.1. The first-order valence-corrected chi connectivity index (χ1v) is 6.31. The fourth-order valence-electron chi connectivity index (χ4n) is 1.71. The highest BCUT2D eigenvalue weighted by Crippen LogP contribution is 2.16. The fraction of sp³-hybridized carbons (Fsp3) is 0.133. The lowest BCUT2D eigenvalue weighted by molar-refractivity contribution is -0.384. The minimum absolute atomic E-state index is 0.0394. The van der Waals surface area contributed by atoms with Gasteiger partial charge >= 0.3 is 0 Å². The predicted molar refractivity (Wildman–Crippen MR) is 80.1 cm³/mol. The van der Waals surface area contributed by atoms with Crippen LogP contribution in [0.4, 0.5) is 11.4 Å². The number of nitrogens with zero attached hydrogens (tertiary/aromatic N) is 2. The topological polar surface area (TPSA) is 67.5 Å². The lowest BCUT2D eigenvalue weighted by Gasteiger charge is -2.00. The Kier molecular flexibility index (Phi) is 4.44. The maximum Gasteiger partial charge on any atom is 0.271 e. The summed E-state index contributed by atoms with van der Waals surface area (Å²) in [6.07, 6.45) is 2.68. The molecule has 0 aliphatic carbocycles. The molecule has 0 aliphatic heterocycles. The molecule has 2 aromatic carbocycles. The van der Waals surface area contributed by atoms with Crippen LogP contribution in [0.3, 0.4) is 0 Å². The zero-order chi connectivity index (χ0) is 14.4. The van der Waals surface area contributed by atoms with E-state index in [2.05, 4.69) is 29.6 Å². The monoisotopic (exact) mass is 269 g/mol. The van der Waals surface area contributed by atoms with Gasteiger partial charge < -0.3 is 0 Å². The van der Waals surface area contributed by atoms with Crippen LogP contribution >= 0.6 is 0 Å². The molecule has 1 N–H and O–H groups in total. The van der Waals surface area contributed by atoms with Crippen molar-refractivity contribution in [2.75, 3.05) is 5.43 Å². The molecular weight excluding hydrogens is 254 g/mol. The van der Waals surface area contributed by atoms with Gasteiger partial charge in [0.15, 0.2) is 0 Å². The van der Waals surface area contributed by atoms with Crippen LogP contribution in [0.15, 0.2) is 53.6 Å². The van der Waals surface area contributed by atoms with Crippen LogP contribution in [0.2, 0.25) is 0 Å². The second-order valence-electron chi connectivity index (χ2n) is 4.27. The average molecular weight is 269 g/mol. The number of nitro groups is 1. The van der Waals surface area contributed by atoms with Gasteiger partial charge in [0.25, 0.3) is 5.69 Å². The Morgan fingerprint density at radius 2 is 2.00 bits per heavy atom. The van der Waals surface area contributed by atoms with E-state index in [0.717, 1.165) is 12.0 Å². The molecule has 0 amide bonds. The van der Waals surface area contributed by atoms with E-state index in [4.69, 9.17) is 0 Å². The molecule has 0 aliphatic rings. The first-order chi connectivity index (χ1) is 9.69. The number of benzene rings is 2. The Morgan fingerprint density at radius 3 is 2.65 bits per heavy atom. The average Bonchev–Trinajstić information content (AvgIpc) is 2.48. The fourth-order valence-corrected chi connectivity index (χ4v) is 1.71. The SMILES string of the molecule is CCc1ccc(/C=N\Nc2cccc([N+](=O)[O-])c2)cc1. The summed E-state index contributed by atoms with van der Waals surface area (Å²) < 4.78 is 0. The maximum absolute atomic E-state index is 10.6. The number of hydrazone groups is 1. The van der Waals surface area contributed by atoms with Crippen molar-refractivity contribution in [1.29, 1.82) is 0 Å². The van der Waals surface area contributed by atoms with Crippen molar-refractivity contribution in [1.82, 2.24) is 0 Å². The van der Waals surface area contributed by atoms with Gasteiger partial charge in [0.1, 0.15) is 0 Å². The summed E-state index contributed by atoms with van der Waals surface area (Å²) in [7, 11) is 0. The molecule has 0 bridgehead atoms. The molecule has 20 heavy (non-hydrogen) atoms. The van der Waals surface area contributed by atoms with Crippen molar-refractivity contribution in [2.45, 2.75) is 13.3 Å². The minimum atomic E-state index is -0.432. The van der Waals surface area contributed by atoms with Gasteiger partial charge in [-0.1, -0.05) is 37.3 Å². The first-order valence-electron chi connectivity index (χ1n) is 6.31. The van der Waals surface area contributed by atoms with Gasteiger partial charge in [-0.05, 0) is 23.6 Å². The van der Waals surface area contributed by atoms with E-state index in [1.54, 1.807) is 18.3 Å². The number of non-ortho nitro benzene ring substituents is 1. The molecule has 0 saturated carbocycles. The number of nitro benzene ring substituents is 1. The number of nitrogens with one attached hydrogen (secondary N) is 1. The Hall–Kier alpha value is -2.69. The molecule has 0 atom stereocenters. The standard InChI is InChI=1S/C15H15N3O2/c1-2-12-6-8-13(9-7-12)11-16-17-14-4-3-5-15(10-14)18(19)20/h3-11,17H,2H2,1H3/b16-11-. The summed E-state index contributed by atoms with van der Waals surface area (Å²) in [6.45, 7) is 2.10. The highest BCUT2D eigenvalue weighted by Gasteiger charge is 2.04. The molecule has 5 nitrogen and oxygen atoms in total. The largest absolute Gasteiger partial charge is 0.278 e.